The molecule has 116 valence electrons. The molecular formula is C14H17Cl2FN2O2. The van der Waals surface area contributed by atoms with Crippen LogP contribution >= 0.6 is 23.2 Å². The summed E-state index contributed by atoms with van der Waals surface area (Å²) in [5.74, 6) is -0.723. The van der Waals surface area contributed by atoms with Crippen LogP contribution in [0.2, 0.25) is 10.0 Å². The number of rotatable bonds is 4. The zero-order valence-corrected chi connectivity index (χ0v) is 13.1. The van der Waals surface area contributed by atoms with Gasteiger partial charge >= 0.3 is 0 Å². The smallest absolute Gasteiger partial charge is 0.223 e. The Kier molecular flexibility index (Phi) is 5.81. The van der Waals surface area contributed by atoms with Crippen LogP contribution in [0.5, 0.6) is 0 Å². The summed E-state index contributed by atoms with van der Waals surface area (Å²) < 4.78 is 19.0. The molecule has 0 unspecified atom stereocenters. The van der Waals surface area contributed by atoms with E-state index in [-0.39, 0.29) is 23.5 Å². The van der Waals surface area contributed by atoms with Crippen molar-refractivity contribution in [3.63, 3.8) is 0 Å². The zero-order chi connectivity index (χ0) is 15.4. The van der Waals surface area contributed by atoms with Gasteiger partial charge in [0.25, 0.3) is 0 Å². The van der Waals surface area contributed by atoms with E-state index in [1.54, 1.807) is 6.92 Å². The maximum atomic E-state index is 13.5. The van der Waals surface area contributed by atoms with Crippen molar-refractivity contribution in [1.29, 1.82) is 0 Å². The number of morpholine rings is 1. The van der Waals surface area contributed by atoms with Crippen LogP contribution in [0.3, 0.4) is 0 Å². The van der Waals surface area contributed by atoms with Crippen molar-refractivity contribution in [3.05, 3.63) is 33.6 Å². The highest BCUT2D eigenvalue weighted by Crippen LogP contribution is 2.28. The molecule has 7 heteroatoms. The van der Waals surface area contributed by atoms with Crippen molar-refractivity contribution in [3.8, 4) is 0 Å². The molecule has 1 aromatic rings. The molecule has 1 aliphatic heterocycles. The van der Waals surface area contributed by atoms with Crippen molar-refractivity contribution in [2.45, 2.75) is 25.5 Å². The van der Waals surface area contributed by atoms with Gasteiger partial charge in [-0.15, -0.1) is 0 Å². The maximum Gasteiger partial charge on any atom is 0.223 e. The fourth-order valence-corrected chi connectivity index (χ4v) is 2.75. The van der Waals surface area contributed by atoms with Gasteiger partial charge in [0.2, 0.25) is 5.91 Å². The molecule has 1 saturated heterocycles. The Bertz CT molecular complexity index is 522. The van der Waals surface area contributed by atoms with E-state index in [0.717, 1.165) is 6.54 Å². The summed E-state index contributed by atoms with van der Waals surface area (Å²) in [4.78, 5) is 12.0. The normalized spacial score (nSPS) is 20.1. The van der Waals surface area contributed by atoms with Gasteiger partial charge in [0.05, 0.1) is 30.2 Å². The van der Waals surface area contributed by atoms with Gasteiger partial charge in [0.15, 0.2) is 0 Å². The first-order chi connectivity index (χ1) is 9.97. The number of benzene rings is 1. The molecule has 4 nitrogen and oxygen atoms in total. The van der Waals surface area contributed by atoms with Crippen LogP contribution in [0.1, 0.15) is 24.9 Å². The second kappa shape index (κ2) is 7.40. The zero-order valence-electron chi connectivity index (χ0n) is 11.6. The Morgan fingerprint density at radius 1 is 1.52 bits per heavy atom. The third kappa shape index (κ3) is 4.54. The number of nitrogens with one attached hydrogen (secondary N) is 2. The largest absolute Gasteiger partial charge is 0.375 e. The lowest BCUT2D eigenvalue weighted by molar-refractivity contribution is -0.125. The second-order valence-electron chi connectivity index (χ2n) is 4.98. The van der Waals surface area contributed by atoms with Crippen LogP contribution in [-0.4, -0.2) is 31.7 Å². The highest BCUT2D eigenvalue weighted by atomic mass is 35.5. The average Bonchev–Trinajstić information content (AvgIpc) is 2.43. The Morgan fingerprint density at radius 2 is 2.29 bits per heavy atom. The van der Waals surface area contributed by atoms with E-state index in [9.17, 15) is 9.18 Å². The van der Waals surface area contributed by atoms with Crippen molar-refractivity contribution < 1.29 is 13.9 Å². The third-order valence-electron chi connectivity index (χ3n) is 3.30. The monoisotopic (exact) mass is 334 g/mol. The minimum atomic E-state index is -0.558. The van der Waals surface area contributed by atoms with Crippen LogP contribution in [0.4, 0.5) is 4.39 Å². The number of hydrogen-bond acceptors (Lipinski definition) is 3. The molecule has 1 aliphatic rings. The van der Waals surface area contributed by atoms with Crippen molar-refractivity contribution in [2.75, 3.05) is 19.7 Å². The summed E-state index contributed by atoms with van der Waals surface area (Å²) in [5, 5.41) is 6.23. The van der Waals surface area contributed by atoms with Gasteiger partial charge in [0.1, 0.15) is 5.82 Å². The van der Waals surface area contributed by atoms with Gasteiger partial charge < -0.3 is 15.4 Å². The van der Waals surface area contributed by atoms with Crippen LogP contribution < -0.4 is 10.6 Å². The molecule has 0 bridgehead atoms. The quantitative estimate of drug-likeness (QED) is 0.832. The Labute approximate surface area is 132 Å². The van der Waals surface area contributed by atoms with Gasteiger partial charge in [-0.2, -0.15) is 0 Å². The third-order valence-corrected chi connectivity index (χ3v) is 3.92. The van der Waals surface area contributed by atoms with Crippen LogP contribution in [0, 0.1) is 5.82 Å². The van der Waals surface area contributed by atoms with E-state index >= 15 is 0 Å². The van der Waals surface area contributed by atoms with Gasteiger partial charge in [-0.3, -0.25) is 4.79 Å². The molecule has 0 aromatic heterocycles. The Balaban J connectivity index is 1.95. The number of amides is 1. The Morgan fingerprint density at radius 3 is 2.95 bits per heavy atom. The predicted molar refractivity (Wildman–Crippen MR) is 80.2 cm³/mol. The lowest BCUT2D eigenvalue weighted by Gasteiger charge is -2.24. The van der Waals surface area contributed by atoms with Crippen molar-refractivity contribution in [1.82, 2.24) is 10.6 Å². The molecule has 1 heterocycles. The molecule has 0 spiro atoms. The SMILES string of the molecule is C[C@H](NC(=O)C[C@H]1CNCCO1)c1cc(F)c(Cl)cc1Cl. The first-order valence-corrected chi connectivity index (χ1v) is 7.49. The van der Waals surface area contributed by atoms with Crippen LogP contribution in [-0.2, 0) is 9.53 Å². The highest BCUT2D eigenvalue weighted by Gasteiger charge is 2.20. The first kappa shape index (κ1) is 16.5. The molecule has 0 saturated carbocycles. The summed E-state index contributed by atoms with van der Waals surface area (Å²) in [6, 6.07) is 2.17. The van der Waals surface area contributed by atoms with E-state index in [0.29, 0.717) is 23.7 Å². The molecule has 21 heavy (non-hydrogen) atoms. The van der Waals surface area contributed by atoms with E-state index in [2.05, 4.69) is 10.6 Å². The van der Waals surface area contributed by atoms with E-state index in [4.69, 9.17) is 27.9 Å². The molecule has 1 aromatic carbocycles. The minimum Gasteiger partial charge on any atom is -0.375 e. The van der Waals surface area contributed by atoms with E-state index in [1.807, 2.05) is 0 Å². The van der Waals surface area contributed by atoms with Gasteiger partial charge in [-0.25, -0.2) is 4.39 Å². The van der Waals surface area contributed by atoms with Gasteiger partial charge in [-0.1, -0.05) is 23.2 Å². The van der Waals surface area contributed by atoms with E-state index in [1.165, 1.54) is 12.1 Å². The minimum absolute atomic E-state index is 0.0380. The van der Waals surface area contributed by atoms with Crippen LogP contribution in [0.15, 0.2) is 12.1 Å². The summed E-state index contributed by atoms with van der Waals surface area (Å²) in [6.07, 6.45) is 0.119. The summed E-state index contributed by atoms with van der Waals surface area (Å²) in [5.41, 5.74) is 0.495. The van der Waals surface area contributed by atoms with Crippen molar-refractivity contribution >= 4 is 29.1 Å². The molecule has 2 atom stereocenters. The molecule has 0 radical (unpaired) electrons. The number of carbonyl (C=O) groups is 1. The standard InChI is InChI=1S/C14H17Cl2FN2O2/c1-8(10-5-13(17)12(16)6-11(10)15)19-14(20)4-9-7-18-2-3-21-9/h5-6,8-9,18H,2-4,7H2,1H3,(H,19,20)/t8-,9-/m0/s1. The summed E-state index contributed by atoms with van der Waals surface area (Å²) in [7, 11) is 0. The lowest BCUT2D eigenvalue weighted by atomic mass is 10.1. The maximum absolute atomic E-state index is 13.5. The number of ether oxygens (including phenoxy) is 1. The number of carbonyl (C=O) groups excluding carboxylic acids is 1. The average molecular weight is 335 g/mol. The molecular weight excluding hydrogens is 318 g/mol. The molecule has 0 aliphatic carbocycles. The van der Waals surface area contributed by atoms with Crippen molar-refractivity contribution in [2.24, 2.45) is 0 Å². The Hall–Kier alpha value is -0.880. The predicted octanol–water partition coefficient (Wildman–Crippen LogP) is 2.69. The van der Waals surface area contributed by atoms with E-state index < -0.39 is 11.9 Å². The van der Waals surface area contributed by atoms with Crippen LogP contribution in [0.25, 0.3) is 0 Å². The molecule has 1 fully saturated rings. The molecule has 2 rings (SSSR count). The topological polar surface area (TPSA) is 50.4 Å². The number of halogens is 3. The highest BCUT2D eigenvalue weighted by molar-refractivity contribution is 6.35. The first-order valence-electron chi connectivity index (χ1n) is 6.73. The van der Waals surface area contributed by atoms with Gasteiger partial charge in [-0.05, 0) is 24.6 Å². The fraction of sp³-hybridized carbons (Fsp3) is 0.500. The number of hydrogen-bond donors (Lipinski definition) is 2. The lowest BCUT2D eigenvalue weighted by Crippen LogP contribution is -2.41. The fourth-order valence-electron chi connectivity index (χ4n) is 2.21. The molecule has 1 amide bonds. The second-order valence-corrected chi connectivity index (χ2v) is 5.79. The summed E-state index contributed by atoms with van der Waals surface area (Å²) >= 11 is 11.7. The van der Waals surface area contributed by atoms with Gasteiger partial charge in [0, 0.05) is 18.1 Å². The summed E-state index contributed by atoms with van der Waals surface area (Å²) in [6.45, 7) is 3.79. The molecule has 2 N–H and O–H groups in total.